The molecule has 6 heteroatoms. The van der Waals surface area contributed by atoms with Gasteiger partial charge >= 0.3 is 0 Å². The van der Waals surface area contributed by atoms with Gasteiger partial charge in [0.05, 0.1) is 18.8 Å². The first-order valence-electron chi connectivity index (χ1n) is 12.3. The number of fused-ring (bicyclic) bond motifs is 1. The predicted octanol–water partition coefficient (Wildman–Crippen LogP) is 6.45. The topological polar surface area (TPSA) is 72.5 Å². The first kappa shape index (κ1) is 25.0. The molecule has 1 aromatic heterocycles. The van der Waals surface area contributed by atoms with E-state index in [4.69, 9.17) is 9.47 Å². The van der Waals surface area contributed by atoms with Crippen LogP contribution in [0.1, 0.15) is 50.9 Å². The first-order chi connectivity index (χ1) is 17.4. The van der Waals surface area contributed by atoms with E-state index >= 15 is 0 Å². The van der Waals surface area contributed by atoms with Crippen LogP contribution in [0, 0.1) is 0 Å². The summed E-state index contributed by atoms with van der Waals surface area (Å²) < 4.78 is 11.8. The van der Waals surface area contributed by atoms with Gasteiger partial charge in [0, 0.05) is 23.5 Å². The van der Waals surface area contributed by atoms with Crippen molar-refractivity contribution in [2.24, 2.45) is 0 Å². The molecule has 1 amide bonds. The zero-order valence-electron chi connectivity index (χ0n) is 21.2. The third-order valence-electron chi connectivity index (χ3n) is 5.84. The highest BCUT2D eigenvalue weighted by Crippen LogP contribution is 2.33. The number of amides is 1. The van der Waals surface area contributed by atoms with Crippen molar-refractivity contribution in [3.05, 3.63) is 96.3 Å². The van der Waals surface area contributed by atoms with Crippen LogP contribution in [0.3, 0.4) is 0 Å². The van der Waals surface area contributed by atoms with Gasteiger partial charge in [0.1, 0.15) is 6.04 Å². The molecule has 1 heterocycles. The highest BCUT2D eigenvalue weighted by Gasteiger charge is 2.24. The number of benzene rings is 3. The van der Waals surface area contributed by atoms with E-state index in [1.165, 1.54) is 0 Å². The molecule has 4 rings (SSSR count). The van der Waals surface area contributed by atoms with Gasteiger partial charge in [-0.1, -0.05) is 42.5 Å². The van der Waals surface area contributed by atoms with Crippen LogP contribution < -0.4 is 20.1 Å². The molecule has 0 fully saturated rings. The van der Waals surface area contributed by atoms with Crippen molar-refractivity contribution in [2.75, 3.05) is 11.9 Å². The lowest BCUT2D eigenvalue weighted by Gasteiger charge is -2.24. The van der Waals surface area contributed by atoms with Crippen molar-refractivity contribution in [1.82, 2.24) is 10.3 Å². The number of ether oxygens (including phenoxy) is 2. The summed E-state index contributed by atoms with van der Waals surface area (Å²) in [5.41, 5.74) is 2.65. The summed E-state index contributed by atoms with van der Waals surface area (Å²) in [4.78, 5) is 17.9. The summed E-state index contributed by atoms with van der Waals surface area (Å²) in [6.07, 6.45) is 3.60. The van der Waals surface area contributed by atoms with Gasteiger partial charge in [0.15, 0.2) is 11.5 Å². The van der Waals surface area contributed by atoms with Crippen molar-refractivity contribution < 1.29 is 14.3 Å². The number of pyridine rings is 1. The van der Waals surface area contributed by atoms with Crippen LogP contribution in [0.2, 0.25) is 0 Å². The van der Waals surface area contributed by atoms with Crippen LogP contribution in [0.25, 0.3) is 10.8 Å². The average molecular weight is 484 g/mol. The normalized spacial score (nSPS) is 12.7. The van der Waals surface area contributed by atoms with Crippen molar-refractivity contribution in [3.63, 3.8) is 0 Å². The third kappa shape index (κ3) is 6.13. The third-order valence-corrected chi connectivity index (χ3v) is 5.84. The van der Waals surface area contributed by atoms with Crippen LogP contribution in [0.5, 0.6) is 11.5 Å². The predicted molar refractivity (Wildman–Crippen MR) is 144 cm³/mol. The Morgan fingerprint density at radius 3 is 2.44 bits per heavy atom. The zero-order valence-corrected chi connectivity index (χ0v) is 21.2. The molecule has 0 aliphatic carbocycles. The molecule has 2 atom stereocenters. The van der Waals surface area contributed by atoms with Gasteiger partial charge in [0.2, 0.25) is 5.91 Å². The highest BCUT2D eigenvalue weighted by molar-refractivity contribution is 5.89. The number of hydrogen-bond donors (Lipinski definition) is 2. The Hall–Kier alpha value is -4.06. The molecule has 2 N–H and O–H groups in total. The fourth-order valence-electron chi connectivity index (χ4n) is 4.09. The lowest BCUT2D eigenvalue weighted by atomic mass is 10.0. The van der Waals surface area contributed by atoms with E-state index in [0.717, 1.165) is 27.6 Å². The maximum absolute atomic E-state index is 13.7. The fourth-order valence-corrected chi connectivity index (χ4v) is 4.09. The van der Waals surface area contributed by atoms with Crippen LogP contribution in [-0.2, 0) is 4.79 Å². The molecule has 0 saturated carbocycles. The molecule has 36 heavy (non-hydrogen) atoms. The SMILES string of the molecule is CCOc1cc(C(Nc2ccc3cnccc3c2)C(=O)N[C@H](C)c2ccccc2)ccc1OC(C)C. The maximum atomic E-state index is 13.7. The quantitative estimate of drug-likeness (QED) is 0.271. The van der Waals surface area contributed by atoms with E-state index in [2.05, 4.69) is 15.6 Å². The summed E-state index contributed by atoms with van der Waals surface area (Å²) in [5, 5.41) is 8.69. The number of anilines is 1. The molecular formula is C30H33N3O3. The average Bonchev–Trinajstić information content (AvgIpc) is 2.88. The Bertz CT molecular complexity index is 1310. The van der Waals surface area contributed by atoms with Gasteiger partial charge in [-0.3, -0.25) is 9.78 Å². The molecule has 1 unspecified atom stereocenters. The molecule has 186 valence electrons. The summed E-state index contributed by atoms with van der Waals surface area (Å²) in [6, 6.07) is 22.7. The van der Waals surface area contributed by atoms with Crippen molar-refractivity contribution in [1.29, 1.82) is 0 Å². The second kappa shape index (κ2) is 11.6. The van der Waals surface area contributed by atoms with Gasteiger partial charge in [0.25, 0.3) is 0 Å². The Morgan fingerprint density at radius 2 is 1.69 bits per heavy atom. The number of hydrogen-bond acceptors (Lipinski definition) is 5. The van der Waals surface area contributed by atoms with E-state index in [9.17, 15) is 4.79 Å². The van der Waals surface area contributed by atoms with Gasteiger partial charge in [-0.25, -0.2) is 0 Å². The smallest absolute Gasteiger partial charge is 0.247 e. The Kier molecular flexibility index (Phi) is 8.06. The lowest BCUT2D eigenvalue weighted by molar-refractivity contribution is -0.122. The minimum atomic E-state index is -0.650. The molecule has 3 aromatic carbocycles. The highest BCUT2D eigenvalue weighted by atomic mass is 16.5. The van der Waals surface area contributed by atoms with Crippen LogP contribution >= 0.6 is 0 Å². The molecule has 0 saturated heterocycles. The first-order valence-corrected chi connectivity index (χ1v) is 12.3. The molecule has 0 aliphatic heterocycles. The monoisotopic (exact) mass is 483 g/mol. The summed E-state index contributed by atoms with van der Waals surface area (Å²) in [5.74, 6) is 1.13. The van der Waals surface area contributed by atoms with Gasteiger partial charge < -0.3 is 20.1 Å². The van der Waals surface area contributed by atoms with Gasteiger partial charge in [-0.2, -0.15) is 0 Å². The Balaban J connectivity index is 1.68. The van der Waals surface area contributed by atoms with Crippen LogP contribution in [-0.4, -0.2) is 23.6 Å². The molecule has 0 aliphatic rings. The maximum Gasteiger partial charge on any atom is 0.247 e. The number of aromatic nitrogens is 1. The standard InChI is InChI=1S/C30H33N3O3/c1-5-35-28-18-24(12-14-27(28)36-20(2)3)29(30(34)32-21(4)22-9-7-6-8-10-22)33-26-13-11-25-19-31-16-15-23(25)17-26/h6-21,29,33H,5H2,1-4H3,(H,32,34)/t21-,29?/m1/s1. The largest absolute Gasteiger partial charge is 0.490 e. The zero-order chi connectivity index (χ0) is 25.5. The van der Waals surface area contributed by atoms with E-state index < -0.39 is 6.04 Å². The summed E-state index contributed by atoms with van der Waals surface area (Å²) >= 11 is 0. The number of carbonyl (C=O) groups excluding carboxylic acids is 1. The minimum absolute atomic E-state index is 0.00564. The van der Waals surface area contributed by atoms with Gasteiger partial charge in [-0.05, 0) is 74.5 Å². The Morgan fingerprint density at radius 1 is 0.889 bits per heavy atom. The number of nitrogens with zero attached hydrogens (tertiary/aromatic N) is 1. The Labute approximate surface area is 212 Å². The summed E-state index contributed by atoms with van der Waals surface area (Å²) in [6.45, 7) is 8.35. The van der Waals surface area contributed by atoms with Crippen LogP contribution in [0.15, 0.2) is 85.2 Å². The van der Waals surface area contributed by atoms with E-state index in [1.807, 2.05) is 107 Å². The molecular weight excluding hydrogens is 450 g/mol. The van der Waals surface area contributed by atoms with E-state index in [1.54, 1.807) is 6.20 Å². The molecule has 0 bridgehead atoms. The minimum Gasteiger partial charge on any atom is -0.490 e. The molecule has 4 aromatic rings. The van der Waals surface area contributed by atoms with Crippen molar-refractivity contribution >= 4 is 22.4 Å². The second-order valence-corrected chi connectivity index (χ2v) is 8.96. The number of carbonyl (C=O) groups is 1. The van der Waals surface area contributed by atoms with Crippen molar-refractivity contribution in [3.8, 4) is 11.5 Å². The van der Waals surface area contributed by atoms with E-state index in [0.29, 0.717) is 18.1 Å². The number of nitrogens with one attached hydrogen (secondary N) is 2. The van der Waals surface area contributed by atoms with Crippen molar-refractivity contribution in [2.45, 2.75) is 45.9 Å². The van der Waals surface area contributed by atoms with E-state index in [-0.39, 0.29) is 18.1 Å². The molecule has 0 spiro atoms. The summed E-state index contributed by atoms with van der Waals surface area (Å²) in [7, 11) is 0. The molecule has 0 radical (unpaired) electrons. The fraction of sp³-hybridized carbons (Fsp3) is 0.267. The molecule has 6 nitrogen and oxygen atoms in total. The van der Waals surface area contributed by atoms with Gasteiger partial charge in [-0.15, -0.1) is 0 Å². The number of rotatable bonds is 10. The second-order valence-electron chi connectivity index (χ2n) is 8.96. The van der Waals surface area contributed by atoms with Crippen LogP contribution in [0.4, 0.5) is 5.69 Å². The lowest BCUT2D eigenvalue weighted by Crippen LogP contribution is -2.35.